The Hall–Kier alpha value is -3.00. The molecule has 9 heteroatoms. The second kappa shape index (κ2) is 7.11. The molecule has 0 radical (unpaired) electrons. The first-order valence-electron chi connectivity index (χ1n) is 9.09. The highest BCUT2D eigenvalue weighted by atomic mass is 35.5. The van der Waals surface area contributed by atoms with Gasteiger partial charge in [-0.15, -0.1) is 0 Å². The quantitative estimate of drug-likeness (QED) is 0.653. The summed E-state index contributed by atoms with van der Waals surface area (Å²) in [5, 5.41) is 0.420. The number of rotatable bonds is 4. The average molecular weight is 417 g/mol. The van der Waals surface area contributed by atoms with E-state index in [-0.39, 0.29) is 45.7 Å². The van der Waals surface area contributed by atoms with Gasteiger partial charge in [0.15, 0.2) is 0 Å². The van der Waals surface area contributed by atoms with Gasteiger partial charge in [-0.2, -0.15) is 0 Å². The van der Waals surface area contributed by atoms with E-state index in [0.717, 1.165) is 17.4 Å². The molecule has 0 aliphatic heterocycles. The van der Waals surface area contributed by atoms with Crippen molar-refractivity contribution in [2.75, 3.05) is 0 Å². The molecular formula is C20H18ClFN4O3. The molecule has 1 aromatic carbocycles. The van der Waals surface area contributed by atoms with Crippen LogP contribution in [0.15, 0.2) is 40.1 Å². The van der Waals surface area contributed by atoms with Crippen LogP contribution in [0.5, 0.6) is 0 Å². The number of fused-ring (bicyclic) bond motifs is 1. The van der Waals surface area contributed by atoms with E-state index in [4.69, 9.17) is 11.6 Å². The van der Waals surface area contributed by atoms with Gasteiger partial charge in [0.2, 0.25) is 0 Å². The highest BCUT2D eigenvalue weighted by Gasteiger charge is 2.34. The van der Waals surface area contributed by atoms with Crippen molar-refractivity contribution in [3.05, 3.63) is 73.3 Å². The molecule has 1 aliphatic rings. The Morgan fingerprint density at radius 2 is 2.00 bits per heavy atom. The lowest BCUT2D eigenvalue weighted by molar-refractivity contribution is 0.0728. The molecule has 1 amide bonds. The number of hydrogen-bond acceptors (Lipinski definition) is 4. The third-order valence-corrected chi connectivity index (χ3v) is 5.53. The molecule has 0 bridgehead atoms. The first-order chi connectivity index (χ1) is 13.8. The smallest absolute Gasteiger partial charge is 0.331 e. The summed E-state index contributed by atoms with van der Waals surface area (Å²) < 4.78 is 16.5. The minimum Gasteiger partial charge on any atom is -0.331 e. The molecule has 2 aromatic heterocycles. The van der Waals surface area contributed by atoms with E-state index in [1.54, 1.807) is 11.0 Å². The summed E-state index contributed by atoms with van der Waals surface area (Å²) in [6.07, 6.45) is 2.96. The third kappa shape index (κ3) is 3.33. The van der Waals surface area contributed by atoms with Gasteiger partial charge in [-0.25, -0.2) is 14.2 Å². The van der Waals surface area contributed by atoms with Crippen molar-refractivity contribution in [2.24, 2.45) is 14.1 Å². The summed E-state index contributed by atoms with van der Waals surface area (Å²) in [5.74, 6) is -0.839. The van der Waals surface area contributed by atoms with Crippen LogP contribution >= 0.6 is 11.6 Å². The minimum atomic E-state index is -0.527. The van der Waals surface area contributed by atoms with Crippen molar-refractivity contribution in [3.8, 4) is 0 Å². The van der Waals surface area contributed by atoms with Crippen LogP contribution in [-0.2, 0) is 20.6 Å². The van der Waals surface area contributed by atoms with E-state index in [1.807, 2.05) is 0 Å². The fraction of sp³-hybridized carbons (Fsp3) is 0.300. The molecule has 4 rings (SSSR count). The van der Waals surface area contributed by atoms with Gasteiger partial charge < -0.3 is 4.90 Å². The van der Waals surface area contributed by atoms with E-state index in [0.29, 0.717) is 0 Å². The minimum absolute atomic E-state index is 0.0168. The molecule has 0 saturated heterocycles. The van der Waals surface area contributed by atoms with Gasteiger partial charge >= 0.3 is 5.69 Å². The van der Waals surface area contributed by atoms with Crippen LogP contribution in [0, 0.1) is 5.82 Å². The number of nitrogens with zero attached hydrogens (tertiary/aromatic N) is 4. The third-order valence-electron chi connectivity index (χ3n) is 5.18. The van der Waals surface area contributed by atoms with E-state index in [1.165, 1.54) is 43.1 Å². The highest BCUT2D eigenvalue weighted by Crippen LogP contribution is 2.32. The van der Waals surface area contributed by atoms with Gasteiger partial charge in [0.05, 0.1) is 17.5 Å². The van der Waals surface area contributed by atoms with Crippen LogP contribution in [0.2, 0.25) is 5.02 Å². The fourth-order valence-corrected chi connectivity index (χ4v) is 3.58. The second-order valence-electron chi connectivity index (χ2n) is 7.17. The normalized spacial score (nSPS) is 13.7. The number of pyridine rings is 1. The van der Waals surface area contributed by atoms with Crippen molar-refractivity contribution >= 4 is 28.5 Å². The summed E-state index contributed by atoms with van der Waals surface area (Å²) >= 11 is 6.13. The maximum Gasteiger partial charge on any atom is 0.332 e. The molecule has 1 fully saturated rings. The number of aryl methyl sites for hydroxylation is 1. The molecule has 1 aliphatic carbocycles. The molecule has 2 heterocycles. The number of hydrogen-bond donors (Lipinski definition) is 0. The summed E-state index contributed by atoms with van der Waals surface area (Å²) in [5.41, 5.74) is -0.373. The molecule has 3 aromatic rings. The lowest BCUT2D eigenvalue weighted by Gasteiger charge is -2.23. The highest BCUT2D eigenvalue weighted by molar-refractivity contribution is 6.31. The van der Waals surface area contributed by atoms with Gasteiger partial charge in [0.1, 0.15) is 11.5 Å². The van der Waals surface area contributed by atoms with Gasteiger partial charge in [-0.05, 0) is 31.0 Å². The van der Waals surface area contributed by atoms with E-state index < -0.39 is 17.1 Å². The number of aromatic nitrogens is 3. The van der Waals surface area contributed by atoms with Gasteiger partial charge in [-0.1, -0.05) is 17.7 Å². The van der Waals surface area contributed by atoms with E-state index in [2.05, 4.69) is 4.98 Å². The number of halogens is 2. The average Bonchev–Trinajstić information content (AvgIpc) is 3.54. The maximum atomic E-state index is 14.2. The van der Waals surface area contributed by atoms with Gasteiger partial charge in [0.25, 0.3) is 11.5 Å². The van der Waals surface area contributed by atoms with Crippen molar-refractivity contribution in [3.63, 3.8) is 0 Å². The van der Waals surface area contributed by atoms with Crippen molar-refractivity contribution in [1.29, 1.82) is 0 Å². The van der Waals surface area contributed by atoms with Gasteiger partial charge in [-0.3, -0.25) is 18.7 Å². The predicted molar refractivity (Wildman–Crippen MR) is 107 cm³/mol. The molecule has 0 atom stereocenters. The summed E-state index contributed by atoms with van der Waals surface area (Å²) in [4.78, 5) is 43.5. The zero-order valence-electron chi connectivity index (χ0n) is 15.9. The van der Waals surface area contributed by atoms with Crippen LogP contribution in [0.25, 0.3) is 11.0 Å². The zero-order valence-corrected chi connectivity index (χ0v) is 16.6. The Morgan fingerprint density at radius 3 is 2.66 bits per heavy atom. The Balaban J connectivity index is 1.77. The number of benzene rings is 1. The largest absolute Gasteiger partial charge is 0.332 e. The molecule has 0 spiro atoms. The van der Waals surface area contributed by atoms with Crippen LogP contribution in [0.4, 0.5) is 4.39 Å². The standard InChI is InChI=1S/C20H18ClFN4O3/c1-24-17-13(19(28)25(2)20(24)29)8-11(9-23-17)18(27)26(12-6-7-12)10-14-15(21)4-3-5-16(14)22/h3-5,8-9,12H,6-7,10H2,1-2H3. The second-order valence-corrected chi connectivity index (χ2v) is 7.57. The molecule has 29 heavy (non-hydrogen) atoms. The summed E-state index contributed by atoms with van der Waals surface area (Å²) in [7, 11) is 2.88. The topological polar surface area (TPSA) is 77.2 Å². The van der Waals surface area contributed by atoms with Gasteiger partial charge in [0, 0.05) is 36.9 Å². The molecule has 0 unspecified atom stereocenters. The van der Waals surface area contributed by atoms with E-state index in [9.17, 15) is 18.8 Å². The predicted octanol–water partition coefficient (Wildman–Crippen LogP) is 2.23. The molecule has 150 valence electrons. The number of amides is 1. The lowest BCUT2D eigenvalue weighted by atomic mass is 10.1. The van der Waals surface area contributed by atoms with Crippen molar-refractivity contribution in [2.45, 2.75) is 25.4 Å². The summed E-state index contributed by atoms with van der Waals surface area (Å²) in [6.45, 7) is 0.0261. The monoisotopic (exact) mass is 416 g/mol. The van der Waals surface area contributed by atoms with Crippen molar-refractivity contribution in [1.82, 2.24) is 19.0 Å². The van der Waals surface area contributed by atoms with Crippen molar-refractivity contribution < 1.29 is 9.18 Å². The van der Waals surface area contributed by atoms with Crippen LogP contribution in [-0.4, -0.2) is 31.0 Å². The maximum absolute atomic E-state index is 14.2. The Bertz CT molecular complexity index is 1240. The van der Waals surface area contributed by atoms with Crippen LogP contribution < -0.4 is 11.2 Å². The first-order valence-corrected chi connectivity index (χ1v) is 9.47. The Morgan fingerprint density at radius 1 is 1.28 bits per heavy atom. The lowest BCUT2D eigenvalue weighted by Crippen LogP contribution is -2.38. The first kappa shape index (κ1) is 19.3. The Kier molecular flexibility index (Phi) is 4.74. The van der Waals surface area contributed by atoms with E-state index >= 15 is 0 Å². The molecule has 0 N–H and O–H groups in total. The number of carbonyl (C=O) groups is 1. The molecular weight excluding hydrogens is 399 g/mol. The zero-order chi connectivity index (χ0) is 20.9. The Labute approximate surface area is 170 Å². The van der Waals surface area contributed by atoms with Crippen LogP contribution in [0.1, 0.15) is 28.8 Å². The molecule has 7 nitrogen and oxygen atoms in total. The van der Waals surface area contributed by atoms with Crippen LogP contribution in [0.3, 0.4) is 0 Å². The number of carbonyl (C=O) groups excluding carboxylic acids is 1. The fourth-order valence-electron chi connectivity index (χ4n) is 3.35. The molecule has 1 saturated carbocycles. The SMILES string of the molecule is Cn1c(=O)c2cc(C(=O)N(Cc3c(F)cccc3Cl)C3CC3)cnc2n(C)c1=O. The summed E-state index contributed by atoms with van der Waals surface area (Å²) in [6, 6.07) is 5.81.